The summed E-state index contributed by atoms with van der Waals surface area (Å²) in [4.78, 5) is 29.2. The summed E-state index contributed by atoms with van der Waals surface area (Å²) in [6, 6.07) is 14.2. The van der Waals surface area contributed by atoms with Crippen LogP contribution in [0.25, 0.3) is 10.9 Å². The number of pyridine rings is 1. The first-order valence-electron chi connectivity index (χ1n) is 11.8. The van der Waals surface area contributed by atoms with Crippen LogP contribution in [-0.4, -0.2) is 42.7 Å². The third-order valence-corrected chi connectivity index (χ3v) is 8.52. The maximum Gasteiger partial charge on any atom is 0.256 e. The minimum Gasteiger partial charge on any atom is -0.360 e. The molecule has 1 atom stereocenters. The van der Waals surface area contributed by atoms with Crippen LogP contribution in [0.15, 0.2) is 64.4 Å². The molecule has 1 aliphatic rings. The van der Waals surface area contributed by atoms with Crippen LogP contribution in [0.2, 0.25) is 0 Å². The van der Waals surface area contributed by atoms with Crippen molar-refractivity contribution in [3.63, 3.8) is 0 Å². The second-order valence-corrected chi connectivity index (χ2v) is 11.0. The van der Waals surface area contributed by atoms with Crippen LogP contribution in [0, 0.1) is 5.92 Å². The van der Waals surface area contributed by atoms with Gasteiger partial charge < -0.3 is 10.3 Å². The number of H-pyrrole nitrogens is 1. The summed E-state index contributed by atoms with van der Waals surface area (Å²) in [6.45, 7) is 5.05. The number of rotatable bonds is 7. The van der Waals surface area contributed by atoms with Crippen molar-refractivity contribution in [3.05, 3.63) is 76.1 Å². The fraction of sp³-hybridized carbons (Fsp3) is 0.385. The molecule has 2 aromatic carbocycles. The quantitative estimate of drug-likeness (QED) is 0.537. The van der Waals surface area contributed by atoms with Crippen LogP contribution >= 0.6 is 0 Å². The summed E-state index contributed by atoms with van der Waals surface area (Å²) < 4.78 is 27.8. The van der Waals surface area contributed by atoms with Gasteiger partial charge in [-0.1, -0.05) is 44.2 Å². The monoisotopic (exact) mass is 481 g/mol. The number of aromatic nitrogens is 1. The predicted octanol–water partition coefficient (Wildman–Crippen LogP) is 3.70. The van der Waals surface area contributed by atoms with Crippen molar-refractivity contribution in [2.75, 3.05) is 13.1 Å². The Kier molecular flexibility index (Phi) is 7.19. The van der Waals surface area contributed by atoms with E-state index in [0.29, 0.717) is 37.4 Å². The van der Waals surface area contributed by atoms with Gasteiger partial charge in [-0.05, 0) is 55.4 Å². The van der Waals surface area contributed by atoms with Gasteiger partial charge in [0, 0.05) is 36.2 Å². The Balaban J connectivity index is 1.60. The van der Waals surface area contributed by atoms with E-state index < -0.39 is 21.4 Å². The van der Waals surface area contributed by atoms with Gasteiger partial charge >= 0.3 is 0 Å². The minimum atomic E-state index is -3.70. The first-order valence-corrected chi connectivity index (χ1v) is 13.2. The number of sulfonamides is 1. The number of piperidine rings is 1. The lowest BCUT2D eigenvalue weighted by Gasteiger charge is -2.29. The molecule has 2 heterocycles. The molecule has 0 bridgehead atoms. The van der Waals surface area contributed by atoms with Crippen molar-refractivity contribution in [2.24, 2.45) is 5.92 Å². The molecule has 7 nitrogen and oxygen atoms in total. The highest BCUT2D eigenvalue weighted by Gasteiger charge is 2.28. The summed E-state index contributed by atoms with van der Waals surface area (Å²) in [6.07, 6.45) is 4.41. The van der Waals surface area contributed by atoms with Crippen molar-refractivity contribution in [1.82, 2.24) is 14.6 Å². The summed E-state index contributed by atoms with van der Waals surface area (Å²) in [5.74, 6) is 0.0324. The predicted molar refractivity (Wildman–Crippen MR) is 133 cm³/mol. The molecule has 8 heteroatoms. The van der Waals surface area contributed by atoms with Gasteiger partial charge in [0.15, 0.2) is 0 Å². The van der Waals surface area contributed by atoms with Gasteiger partial charge in [0.1, 0.15) is 5.56 Å². The molecule has 0 spiro atoms. The summed E-state index contributed by atoms with van der Waals surface area (Å²) in [7, 11) is -3.70. The molecule has 34 heavy (non-hydrogen) atoms. The van der Waals surface area contributed by atoms with E-state index in [-0.39, 0.29) is 21.9 Å². The van der Waals surface area contributed by atoms with Crippen molar-refractivity contribution < 1.29 is 13.2 Å². The third-order valence-electron chi connectivity index (χ3n) is 6.63. The molecule has 1 fully saturated rings. The number of amides is 1. The third kappa shape index (κ3) is 5.08. The van der Waals surface area contributed by atoms with Gasteiger partial charge in [-0.3, -0.25) is 9.59 Å². The number of fused-ring (bicyclic) bond motifs is 1. The molecule has 1 amide bonds. The van der Waals surface area contributed by atoms with Crippen molar-refractivity contribution >= 4 is 26.8 Å². The van der Waals surface area contributed by atoms with E-state index in [4.69, 9.17) is 0 Å². The van der Waals surface area contributed by atoms with E-state index in [9.17, 15) is 18.0 Å². The van der Waals surface area contributed by atoms with Gasteiger partial charge in [0.2, 0.25) is 15.5 Å². The van der Waals surface area contributed by atoms with Crippen LogP contribution in [0.5, 0.6) is 0 Å². The Bertz CT molecular complexity index is 1330. The zero-order valence-corrected chi connectivity index (χ0v) is 20.4. The highest BCUT2D eigenvalue weighted by atomic mass is 32.2. The lowest BCUT2D eigenvalue weighted by Crippen LogP contribution is -2.38. The zero-order chi connectivity index (χ0) is 24.3. The van der Waals surface area contributed by atoms with Crippen LogP contribution in [0.1, 0.15) is 49.0 Å². The molecule has 0 aliphatic carbocycles. The van der Waals surface area contributed by atoms with E-state index in [2.05, 4.69) is 17.2 Å². The van der Waals surface area contributed by atoms with Crippen LogP contribution < -0.4 is 10.7 Å². The number of carbonyl (C=O) groups is 1. The fourth-order valence-electron chi connectivity index (χ4n) is 4.36. The second-order valence-electron chi connectivity index (χ2n) is 9.09. The Labute approximate surface area is 200 Å². The van der Waals surface area contributed by atoms with Gasteiger partial charge in [-0.2, -0.15) is 4.31 Å². The Hall–Kier alpha value is -2.97. The van der Waals surface area contributed by atoms with Gasteiger partial charge in [0.05, 0.1) is 4.90 Å². The average Bonchev–Trinajstić information content (AvgIpc) is 2.84. The number of benzene rings is 2. The molecule has 1 unspecified atom stereocenters. The van der Waals surface area contributed by atoms with Crippen molar-refractivity contribution in [3.8, 4) is 0 Å². The van der Waals surface area contributed by atoms with Crippen molar-refractivity contribution in [1.29, 1.82) is 0 Å². The molecule has 1 saturated heterocycles. The van der Waals surface area contributed by atoms with Crippen LogP contribution in [-0.2, 0) is 16.4 Å². The topological polar surface area (TPSA) is 99.3 Å². The Morgan fingerprint density at radius 1 is 1.15 bits per heavy atom. The minimum absolute atomic E-state index is 0.0274. The molecule has 1 aliphatic heterocycles. The highest BCUT2D eigenvalue weighted by molar-refractivity contribution is 7.89. The Morgan fingerprint density at radius 3 is 2.53 bits per heavy atom. The zero-order valence-electron chi connectivity index (χ0n) is 19.6. The number of carbonyl (C=O) groups excluding carboxylic acids is 1. The summed E-state index contributed by atoms with van der Waals surface area (Å²) >= 11 is 0. The fourth-order valence-corrected chi connectivity index (χ4v) is 5.86. The second kappa shape index (κ2) is 10.1. The largest absolute Gasteiger partial charge is 0.360 e. The van der Waals surface area contributed by atoms with E-state index in [1.165, 1.54) is 22.6 Å². The molecule has 0 saturated carbocycles. The summed E-state index contributed by atoms with van der Waals surface area (Å²) in [5.41, 5.74) is 1.08. The van der Waals surface area contributed by atoms with Gasteiger partial charge in [0.25, 0.3) is 5.91 Å². The van der Waals surface area contributed by atoms with Crippen LogP contribution in [0.3, 0.4) is 0 Å². The van der Waals surface area contributed by atoms with E-state index >= 15 is 0 Å². The summed E-state index contributed by atoms with van der Waals surface area (Å²) in [5, 5.41) is 3.14. The molecule has 0 radical (unpaired) electrons. The van der Waals surface area contributed by atoms with Gasteiger partial charge in [-0.25, -0.2) is 8.42 Å². The number of nitrogens with zero attached hydrogens (tertiary/aromatic N) is 1. The first-order chi connectivity index (χ1) is 16.3. The highest BCUT2D eigenvalue weighted by Crippen LogP contribution is 2.25. The lowest BCUT2D eigenvalue weighted by molar-refractivity contribution is 0.0934. The normalized spacial score (nSPS) is 16.4. The van der Waals surface area contributed by atoms with Gasteiger partial charge in [-0.15, -0.1) is 0 Å². The number of hydrogen-bond donors (Lipinski definition) is 2. The Morgan fingerprint density at radius 2 is 1.85 bits per heavy atom. The molecule has 180 valence electrons. The molecular weight excluding hydrogens is 450 g/mol. The van der Waals surface area contributed by atoms with Crippen LogP contribution in [0.4, 0.5) is 0 Å². The maximum absolute atomic E-state index is 13.2. The SMILES string of the molecule is CCC(Cc1ccccc1)NC(=O)c1c[nH]c2ccc(S(=O)(=O)N3CCC(C)CC3)cc2c1=O. The van der Waals surface area contributed by atoms with E-state index in [1.54, 1.807) is 6.07 Å². The standard InChI is InChI=1S/C26H31N3O4S/c1-3-20(15-19-7-5-4-6-8-19)28-26(31)23-17-27-24-10-9-21(16-22(24)25(23)30)34(32,33)29-13-11-18(2)12-14-29/h4-10,16-18,20H,3,11-15H2,1-2H3,(H,27,30)(H,28,31). The molecule has 4 rings (SSSR count). The number of aromatic amines is 1. The molecular formula is C26H31N3O4S. The molecule has 3 aromatic rings. The maximum atomic E-state index is 13.2. The lowest BCUT2D eigenvalue weighted by atomic mass is 10.0. The van der Waals surface area contributed by atoms with E-state index in [1.807, 2.05) is 37.3 Å². The average molecular weight is 482 g/mol. The number of nitrogens with one attached hydrogen (secondary N) is 2. The molecule has 2 N–H and O–H groups in total. The van der Waals surface area contributed by atoms with Crippen molar-refractivity contribution in [2.45, 2.75) is 50.5 Å². The van der Waals surface area contributed by atoms with E-state index in [0.717, 1.165) is 18.4 Å². The molecule has 1 aromatic heterocycles. The number of hydrogen-bond acceptors (Lipinski definition) is 4. The smallest absolute Gasteiger partial charge is 0.256 e. The first kappa shape index (κ1) is 24.2.